The molecule has 0 radical (unpaired) electrons. The van der Waals surface area contributed by atoms with Crippen LogP contribution in [0.1, 0.15) is 42.5 Å². The van der Waals surface area contributed by atoms with Gasteiger partial charge in [-0.1, -0.05) is 6.42 Å². The molecule has 0 saturated heterocycles. The predicted octanol–water partition coefficient (Wildman–Crippen LogP) is 2.73. The summed E-state index contributed by atoms with van der Waals surface area (Å²) in [5.74, 6) is 0.553. The first-order valence-electron chi connectivity index (χ1n) is 7.75. The molecule has 0 aromatic carbocycles. The second-order valence-corrected chi connectivity index (χ2v) is 9.35. The molecule has 118 valence electrons. The summed E-state index contributed by atoms with van der Waals surface area (Å²) in [4.78, 5) is 1.50. The minimum atomic E-state index is -3.35. The fourth-order valence-electron chi connectivity index (χ4n) is 2.77. The minimum absolute atomic E-state index is 0.544. The zero-order valence-electron chi connectivity index (χ0n) is 12.8. The third kappa shape index (κ3) is 3.33. The Morgan fingerprint density at radius 1 is 1.33 bits per heavy atom. The number of thiophene rings is 1. The fraction of sp³-hybridized carbons (Fsp3) is 0.733. The van der Waals surface area contributed by atoms with Crippen molar-refractivity contribution in [3.8, 4) is 0 Å². The Kier molecular flexibility index (Phi) is 4.41. The van der Waals surface area contributed by atoms with Crippen molar-refractivity contribution >= 4 is 21.4 Å². The van der Waals surface area contributed by atoms with Crippen LogP contribution < -0.4 is 5.32 Å². The van der Waals surface area contributed by atoms with Gasteiger partial charge in [0.2, 0.25) is 10.0 Å². The lowest BCUT2D eigenvalue weighted by molar-refractivity contribution is 0.263. The van der Waals surface area contributed by atoms with Gasteiger partial charge in [-0.15, -0.1) is 11.3 Å². The van der Waals surface area contributed by atoms with Gasteiger partial charge in [-0.3, -0.25) is 0 Å². The zero-order valence-corrected chi connectivity index (χ0v) is 14.4. The van der Waals surface area contributed by atoms with Crippen molar-refractivity contribution in [3.05, 3.63) is 15.8 Å². The number of nitrogens with one attached hydrogen (secondary N) is 1. The Morgan fingerprint density at radius 3 is 2.62 bits per heavy atom. The molecule has 0 bridgehead atoms. The van der Waals surface area contributed by atoms with Crippen molar-refractivity contribution in [1.82, 2.24) is 9.62 Å². The van der Waals surface area contributed by atoms with Gasteiger partial charge < -0.3 is 5.32 Å². The normalized spacial score (nSPS) is 20.0. The third-order valence-corrected chi connectivity index (χ3v) is 7.81. The van der Waals surface area contributed by atoms with Gasteiger partial charge in [0.1, 0.15) is 4.90 Å². The van der Waals surface area contributed by atoms with Crippen molar-refractivity contribution in [3.63, 3.8) is 0 Å². The van der Waals surface area contributed by atoms with Gasteiger partial charge in [0.05, 0.1) is 0 Å². The Hall–Kier alpha value is -0.430. The van der Waals surface area contributed by atoms with Crippen molar-refractivity contribution in [2.45, 2.75) is 56.5 Å². The van der Waals surface area contributed by atoms with Gasteiger partial charge in [0.25, 0.3) is 0 Å². The molecule has 0 spiro atoms. The topological polar surface area (TPSA) is 49.4 Å². The smallest absolute Gasteiger partial charge is 0.244 e. The van der Waals surface area contributed by atoms with E-state index in [1.165, 1.54) is 32.1 Å². The van der Waals surface area contributed by atoms with Crippen molar-refractivity contribution in [2.24, 2.45) is 5.92 Å². The summed E-state index contributed by atoms with van der Waals surface area (Å²) in [5.41, 5.74) is 0.882. The largest absolute Gasteiger partial charge is 0.309 e. The molecule has 0 unspecified atom stereocenters. The van der Waals surface area contributed by atoms with Crippen LogP contribution in [0.4, 0.5) is 0 Å². The number of rotatable bonds is 7. The van der Waals surface area contributed by atoms with Gasteiger partial charge in [-0.2, -0.15) is 0 Å². The highest BCUT2D eigenvalue weighted by Crippen LogP contribution is 2.33. The average molecular weight is 329 g/mol. The molecule has 6 heteroatoms. The zero-order chi connectivity index (χ0) is 15.0. The summed E-state index contributed by atoms with van der Waals surface area (Å²) >= 11 is 1.56. The Bertz CT molecular complexity index is 601. The maximum atomic E-state index is 12.9. The van der Waals surface area contributed by atoms with Crippen LogP contribution >= 0.6 is 11.3 Å². The van der Waals surface area contributed by atoms with Crippen LogP contribution in [0, 0.1) is 12.8 Å². The second kappa shape index (κ2) is 5.99. The molecule has 1 heterocycles. The molecule has 1 N–H and O–H groups in total. The molecular weight excluding hydrogens is 304 g/mol. The van der Waals surface area contributed by atoms with Gasteiger partial charge >= 0.3 is 0 Å². The molecule has 0 amide bonds. The molecule has 0 atom stereocenters. The Morgan fingerprint density at radius 2 is 2.05 bits per heavy atom. The maximum Gasteiger partial charge on any atom is 0.244 e. The van der Waals surface area contributed by atoms with Crippen LogP contribution in [0.2, 0.25) is 0 Å². The van der Waals surface area contributed by atoms with Crippen LogP contribution in [0.15, 0.2) is 10.3 Å². The maximum absolute atomic E-state index is 12.9. The molecule has 3 rings (SSSR count). The standard InChI is InChI=1S/C15H24N2O2S2/c1-11-10-20-14(8-16-13-6-7-13)15(11)21(18,19)17(2)9-12-4-3-5-12/h10,12-13,16H,3-9H2,1-2H3. The molecule has 2 aliphatic rings. The summed E-state index contributed by atoms with van der Waals surface area (Å²) in [6, 6.07) is 0.593. The highest BCUT2D eigenvalue weighted by Gasteiger charge is 2.31. The number of hydrogen-bond acceptors (Lipinski definition) is 4. The first-order valence-corrected chi connectivity index (χ1v) is 10.1. The van der Waals surface area contributed by atoms with E-state index >= 15 is 0 Å². The average Bonchev–Trinajstić information content (AvgIpc) is 3.13. The lowest BCUT2D eigenvalue weighted by atomic mass is 9.86. The summed E-state index contributed by atoms with van der Waals surface area (Å²) in [6.07, 6.45) is 6.01. The van der Waals surface area contributed by atoms with Crippen LogP contribution in [-0.4, -0.2) is 32.4 Å². The number of hydrogen-bond donors (Lipinski definition) is 1. The Labute approximate surface area is 131 Å². The van der Waals surface area contributed by atoms with E-state index in [1.54, 1.807) is 22.7 Å². The molecule has 2 fully saturated rings. The van der Waals surface area contributed by atoms with E-state index in [2.05, 4.69) is 5.32 Å². The molecule has 1 aromatic heterocycles. The van der Waals surface area contributed by atoms with Gasteiger partial charge in [0, 0.05) is 31.1 Å². The van der Waals surface area contributed by atoms with E-state index in [-0.39, 0.29) is 0 Å². The summed E-state index contributed by atoms with van der Waals surface area (Å²) < 4.78 is 27.3. The molecular formula is C15H24N2O2S2. The number of aryl methyl sites for hydroxylation is 1. The lowest BCUT2D eigenvalue weighted by Gasteiger charge is -2.29. The minimum Gasteiger partial charge on any atom is -0.309 e. The predicted molar refractivity (Wildman–Crippen MR) is 86.1 cm³/mol. The molecule has 1 aromatic rings. The summed E-state index contributed by atoms with van der Waals surface area (Å²) in [6.45, 7) is 3.24. The summed E-state index contributed by atoms with van der Waals surface area (Å²) in [7, 11) is -1.63. The molecule has 21 heavy (non-hydrogen) atoms. The molecule has 2 saturated carbocycles. The van der Waals surface area contributed by atoms with Gasteiger partial charge in [-0.05, 0) is 49.5 Å². The lowest BCUT2D eigenvalue weighted by Crippen LogP contribution is -2.35. The van der Waals surface area contributed by atoms with Crippen LogP contribution in [-0.2, 0) is 16.6 Å². The highest BCUT2D eigenvalue weighted by molar-refractivity contribution is 7.89. The Balaban J connectivity index is 1.77. The summed E-state index contributed by atoms with van der Waals surface area (Å²) in [5, 5.41) is 5.39. The van der Waals surface area contributed by atoms with E-state index in [4.69, 9.17) is 0 Å². The van der Waals surface area contributed by atoms with Crippen LogP contribution in [0.3, 0.4) is 0 Å². The number of nitrogens with zero attached hydrogens (tertiary/aromatic N) is 1. The molecule has 0 aliphatic heterocycles. The first-order chi connectivity index (χ1) is 9.98. The fourth-order valence-corrected chi connectivity index (χ4v) is 5.72. The highest BCUT2D eigenvalue weighted by atomic mass is 32.2. The molecule has 4 nitrogen and oxygen atoms in total. The SMILES string of the molecule is Cc1csc(CNC2CC2)c1S(=O)(=O)N(C)CC1CCC1. The van der Waals surface area contributed by atoms with Gasteiger partial charge in [-0.25, -0.2) is 12.7 Å². The van der Waals surface area contributed by atoms with Crippen molar-refractivity contribution in [1.29, 1.82) is 0 Å². The quantitative estimate of drug-likeness (QED) is 0.837. The number of sulfonamides is 1. The van der Waals surface area contributed by atoms with Crippen molar-refractivity contribution < 1.29 is 8.42 Å². The van der Waals surface area contributed by atoms with E-state index in [0.717, 1.165) is 10.4 Å². The van der Waals surface area contributed by atoms with E-state index in [1.807, 2.05) is 12.3 Å². The molecule has 2 aliphatic carbocycles. The van der Waals surface area contributed by atoms with Crippen molar-refractivity contribution in [2.75, 3.05) is 13.6 Å². The van der Waals surface area contributed by atoms with Crippen LogP contribution in [0.5, 0.6) is 0 Å². The second-order valence-electron chi connectivity index (χ2n) is 6.41. The first kappa shape index (κ1) is 15.5. The van der Waals surface area contributed by atoms with Gasteiger partial charge in [0.15, 0.2) is 0 Å². The van der Waals surface area contributed by atoms with E-state index in [0.29, 0.717) is 29.9 Å². The van der Waals surface area contributed by atoms with Crippen LogP contribution in [0.25, 0.3) is 0 Å². The van der Waals surface area contributed by atoms with E-state index < -0.39 is 10.0 Å². The third-order valence-electron chi connectivity index (χ3n) is 4.53. The van der Waals surface area contributed by atoms with E-state index in [9.17, 15) is 8.42 Å². The monoisotopic (exact) mass is 328 g/mol.